The van der Waals surface area contributed by atoms with Crippen molar-refractivity contribution in [3.05, 3.63) is 53.6 Å². The van der Waals surface area contributed by atoms with Crippen molar-refractivity contribution in [2.75, 3.05) is 19.0 Å². The van der Waals surface area contributed by atoms with E-state index in [1.165, 1.54) is 6.08 Å². The highest BCUT2D eigenvalue weighted by Crippen LogP contribution is 2.35. The van der Waals surface area contributed by atoms with Crippen LogP contribution in [0.2, 0.25) is 0 Å². The zero-order valence-corrected chi connectivity index (χ0v) is 15.2. The van der Waals surface area contributed by atoms with Crippen molar-refractivity contribution in [1.29, 1.82) is 0 Å². The second-order valence-corrected chi connectivity index (χ2v) is 6.12. The number of nitrogens with one attached hydrogen (secondary N) is 1. The fourth-order valence-corrected chi connectivity index (χ4v) is 2.92. The smallest absolute Gasteiger partial charge is 0.248 e. The molecule has 0 saturated heterocycles. The molecule has 0 radical (unpaired) electrons. The summed E-state index contributed by atoms with van der Waals surface area (Å²) in [6, 6.07) is 11.2. The average molecular weight is 353 g/mol. The van der Waals surface area contributed by atoms with Gasteiger partial charge in [-0.05, 0) is 44.2 Å². The minimum absolute atomic E-state index is 0.162. The second-order valence-electron chi connectivity index (χ2n) is 6.12. The molecule has 136 valence electrons. The molecule has 1 atom stereocenters. The average Bonchev–Trinajstić information content (AvgIpc) is 2.99. The normalized spacial score (nSPS) is 15.4. The van der Waals surface area contributed by atoms with E-state index in [1.54, 1.807) is 19.3 Å². The SMILES string of the molecule is CCOc1cc2c(cc1/C=C/C(=O)Nc1cccc(OC)c1)O[C@@H](C)C2. The maximum atomic E-state index is 12.2. The van der Waals surface area contributed by atoms with Crippen LogP contribution in [0.4, 0.5) is 5.69 Å². The Morgan fingerprint density at radius 2 is 2.19 bits per heavy atom. The van der Waals surface area contributed by atoms with Crippen molar-refractivity contribution in [1.82, 2.24) is 0 Å². The quantitative estimate of drug-likeness (QED) is 0.796. The van der Waals surface area contributed by atoms with E-state index >= 15 is 0 Å². The molecule has 0 saturated carbocycles. The van der Waals surface area contributed by atoms with Gasteiger partial charge in [-0.2, -0.15) is 0 Å². The number of carbonyl (C=O) groups is 1. The lowest BCUT2D eigenvalue weighted by molar-refractivity contribution is -0.111. The predicted molar refractivity (Wildman–Crippen MR) is 102 cm³/mol. The number of amides is 1. The van der Waals surface area contributed by atoms with Crippen molar-refractivity contribution in [2.45, 2.75) is 26.4 Å². The first kappa shape index (κ1) is 17.9. The molecule has 0 aromatic heterocycles. The monoisotopic (exact) mass is 353 g/mol. The zero-order valence-electron chi connectivity index (χ0n) is 15.2. The van der Waals surface area contributed by atoms with Gasteiger partial charge in [0.1, 0.15) is 23.4 Å². The van der Waals surface area contributed by atoms with Crippen LogP contribution in [0.25, 0.3) is 6.08 Å². The van der Waals surface area contributed by atoms with E-state index in [-0.39, 0.29) is 12.0 Å². The highest BCUT2D eigenvalue weighted by atomic mass is 16.5. The molecule has 0 fully saturated rings. The van der Waals surface area contributed by atoms with Crippen LogP contribution in [0.5, 0.6) is 17.2 Å². The summed E-state index contributed by atoms with van der Waals surface area (Å²) in [6.45, 7) is 4.54. The summed E-state index contributed by atoms with van der Waals surface area (Å²) in [5.74, 6) is 2.08. The van der Waals surface area contributed by atoms with Crippen LogP contribution in [-0.4, -0.2) is 25.7 Å². The van der Waals surface area contributed by atoms with E-state index in [1.807, 2.05) is 44.2 Å². The molecule has 1 amide bonds. The predicted octanol–water partition coefficient (Wildman–Crippen LogP) is 4.07. The Labute approximate surface area is 153 Å². The molecule has 26 heavy (non-hydrogen) atoms. The molecule has 1 aliphatic rings. The number of rotatable bonds is 6. The standard InChI is InChI=1S/C21H23NO4/c1-4-25-19-12-16-10-14(2)26-20(16)11-15(19)8-9-21(23)22-17-6-5-7-18(13-17)24-3/h5-9,11-14H,4,10H2,1-3H3,(H,22,23)/b9-8+/t14-/m0/s1. The van der Waals surface area contributed by atoms with Crippen LogP contribution in [0.15, 0.2) is 42.5 Å². The van der Waals surface area contributed by atoms with E-state index in [4.69, 9.17) is 14.2 Å². The second kappa shape index (κ2) is 7.95. The molecule has 1 aliphatic heterocycles. The number of anilines is 1. The molecule has 2 aromatic carbocycles. The zero-order chi connectivity index (χ0) is 18.5. The molecular formula is C21H23NO4. The fraction of sp³-hybridized carbons (Fsp3) is 0.286. The number of fused-ring (bicyclic) bond motifs is 1. The first-order valence-corrected chi connectivity index (χ1v) is 8.68. The van der Waals surface area contributed by atoms with Crippen LogP contribution in [0, 0.1) is 0 Å². The lowest BCUT2D eigenvalue weighted by Crippen LogP contribution is -2.07. The Bertz CT molecular complexity index is 829. The summed E-state index contributed by atoms with van der Waals surface area (Å²) in [5, 5.41) is 2.82. The highest BCUT2D eigenvalue weighted by Gasteiger charge is 2.21. The Hall–Kier alpha value is -2.95. The van der Waals surface area contributed by atoms with Crippen LogP contribution in [0.3, 0.4) is 0 Å². The largest absolute Gasteiger partial charge is 0.497 e. The minimum atomic E-state index is -0.226. The first-order chi connectivity index (χ1) is 12.6. The Morgan fingerprint density at radius 3 is 2.96 bits per heavy atom. The van der Waals surface area contributed by atoms with E-state index in [2.05, 4.69) is 5.32 Å². The molecule has 0 unspecified atom stereocenters. The number of carbonyl (C=O) groups excluding carboxylic acids is 1. The third kappa shape index (κ3) is 4.17. The van der Waals surface area contributed by atoms with E-state index < -0.39 is 0 Å². The molecule has 3 rings (SSSR count). The van der Waals surface area contributed by atoms with Crippen LogP contribution < -0.4 is 19.5 Å². The van der Waals surface area contributed by atoms with Gasteiger partial charge in [0.15, 0.2) is 0 Å². The van der Waals surface area contributed by atoms with Crippen molar-refractivity contribution >= 4 is 17.7 Å². The summed E-state index contributed by atoms with van der Waals surface area (Å²) in [4.78, 5) is 12.2. The summed E-state index contributed by atoms with van der Waals surface area (Å²) in [7, 11) is 1.59. The summed E-state index contributed by atoms with van der Waals surface area (Å²) < 4.78 is 16.7. The van der Waals surface area contributed by atoms with E-state index in [0.717, 1.165) is 29.0 Å². The van der Waals surface area contributed by atoms with Crippen molar-refractivity contribution < 1.29 is 19.0 Å². The van der Waals surface area contributed by atoms with Crippen molar-refractivity contribution in [3.63, 3.8) is 0 Å². The Kier molecular flexibility index (Phi) is 5.46. The van der Waals surface area contributed by atoms with Gasteiger partial charge in [-0.3, -0.25) is 4.79 Å². The summed E-state index contributed by atoms with van der Waals surface area (Å²) >= 11 is 0. The number of hydrogen-bond acceptors (Lipinski definition) is 4. The maximum absolute atomic E-state index is 12.2. The van der Waals surface area contributed by atoms with Crippen molar-refractivity contribution in [2.24, 2.45) is 0 Å². The van der Waals surface area contributed by atoms with Gasteiger partial charge in [-0.1, -0.05) is 6.07 Å². The number of benzene rings is 2. The van der Waals surface area contributed by atoms with Crippen LogP contribution >= 0.6 is 0 Å². The number of methoxy groups -OCH3 is 1. The van der Waals surface area contributed by atoms with Gasteiger partial charge in [0.2, 0.25) is 5.91 Å². The molecule has 0 spiro atoms. The molecule has 2 aromatic rings. The lowest BCUT2D eigenvalue weighted by Gasteiger charge is -2.10. The number of hydrogen-bond donors (Lipinski definition) is 1. The third-order valence-corrected chi connectivity index (χ3v) is 4.08. The topological polar surface area (TPSA) is 56.8 Å². The molecule has 1 heterocycles. The molecule has 5 heteroatoms. The first-order valence-electron chi connectivity index (χ1n) is 8.68. The van der Waals surface area contributed by atoms with Gasteiger partial charge in [0.25, 0.3) is 0 Å². The molecule has 0 aliphatic carbocycles. The summed E-state index contributed by atoms with van der Waals surface area (Å²) in [5.41, 5.74) is 2.63. The van der Waals surface area contributed by atoms with E-state index in [0.29, 0.717) is 18.0 Å². The highest BCUT2D eigenvalue weighted by molar-refractivity contribution is 6.02. The molecule has 5 nitrogen and oxygen atoms in total. The van der Waals surface area contributed by atoms with Gasteiger partial charge in [0.05, 0.1) is 13.7 Å². The van der Waals surface area contributed by atoms with Crippen LogP contribution in [0.1, 0.15) is 25.0 Å². The van der Waals surface area contributed by atoms with Crippen LogP contribution in [-0.2, 0) is 11.2 Å². The lowest BCUT2D eigenvalue weighted by atomic mass is 10.1. The van der Waals surface area contributed by atoms with Crippen molar-refractivity contribution in [3.8, 4) is 17.2 Å². The van der Waals surface area contributed by atoms with Gasteiger partial charge in [-0.25, -0.2) is 0 Å². The fourth-order valence-electron chi connectivity index (χ4n) is 2.92. The summed E-state index contributed by atoms with van der Waals surface area (Å²) in [6.07, 6.45) is 4.26. The molecule has 1 N–H and O–H groups in total. The third-order valence-electron chi connectivity index (χ3n) is 4.08. The molecular weight excluding hydrogens is 330 g/mol. The van der Waals surface area contributed by atoms with Gasteiger partial charge in [0, 0.05) is 35.4 Å². The molecule has 0 bridgehead atoms. The Balaban J connectivity index is 1.76. The number of ether oxygens (including phenoxy) is 3. The Morgan fingerprint density at radius 1 is 1.35 bits per heavy atom. The van der Waals surface area contributed by atoms with E-state index in [9.17, 15) is 4.79 Å². The maximum Gasteiger partial charge on any atom is 0.248 e. The minimum Gasteiger partial charge on any atom is -0.497 e. The van der Waals surface area contributed by atoms with Gasteiger partial charge >= 0.3 is 0 Å². The van der Waals surface area contributed by atoms with Gasteiger partial charge in [-0.15, -0.1) is 0 Å². The van der Waals surface area contributed by atoms with Gasteiger partial charge < -0.3 is 19.5 Å².